The first-order valence-electron chi connectivity index (χ1n) is 6.14. The molecule has 1 aliphatic rings. The number of nitrogens with two attached hydrogens (primary N) is 1. The Kier molecular flexibility index (Phi) is 4.10. The molecule has 0 spiro atoms. The van der Waals surface area contributed by atoms with Crippen LogP contribution in [-0.4, -0.2) is 22.3 Å². The molecule has 1 unspecified atom stereocenters. The van der Waals surface area contributed by atoms with Gasteiger partial charge in [0.2, 0.25) is 0 Å². The lowest BCUT2D eigenvalue weighted by Gasteiger charge is -2.21. The SMILES string of the molecule is CSc1nc(N)cc(NC(C)C2CCCC2)n1. The van der Waals surface area contributed by atoms with Gasteiger partial charge < -0.3 is 11.1 Å². The van der Waals surface area contributed by atoms with Gasteiger partial charge in [0.1, 0.15) is 11.6 Å². The highest BCUT2D eigenvalue weighted by atomic mass is 32.2. The largest absolute Gasteiger partial charge is 0.383 e. The van der Waals surface area contributed by atoms with Crippen molar-refractivity contribution in [2.75, 3.05) is 17.3 Å². The summed E-state index contributed by atoms with van der Waals surface area (Å²) in [6.07, 6.45) is 7.32. The number of aromatic nitrogens is 2. The second-order valence-corrected chi connectivity index (χ2v) is 5.42. The van der Waals surface area contributed by atoms with Gasteiger partial charge in [-0.1, -0.05) is 24.6 Å². The molecule has 1 heterocycles. The number of nitrogen functional groups attached to an aromatic ring is 1. The normalized spacial score (nSPS) is 18.2. The van der Waals surface area contributed by atoms with E-state index in [9.17, 15) is 0 Å². The molecule has 0 bridgehead atoms. The standard InChI is InChI=1S/C12H20N4S/c1-8(9-5-3-4-6-9)14-11-7-10(13)15-12(16-11)17-2/h7-9H,3-6H2,1-2H3,(H3,13,14,15,16). The van der Waals surface area contributed by atoms with Crippen LogP contribution in [0.25, 0.3) is 0 Å². The minimum absolute atomic E-state index is 0.460. The van der Waals surface area contributed by atoms with E-state index in [1.165, 1.54) is 37.4 Å². The van der Waals surface area contributed by atoms with E-state index >= 15 is 0 Å². The van der Waals surface area contributed by atoms with Gasteiger partial charge in [-0.2, -0.15) is 0 Å². The molecule has 1 aromatic heterocycles. The van der Waals surface area contributed by atoms with Crippen molar-refractivity contribution < 1.29 is 0 Å². The Morgan fingerprint density at radius 1 is 1.41 bits per heavy atom. The summed E-state index contributed by atoms with van der Waals surface area (Å²) in [5.41, 5.74) is 5.76. The number of nitrogens with one attached hydrogen (secondary N) is 1. The summed E-state index contributed by atoms with van der Waals surface area (Å²) < 4.78 is 0. The van der Waals surface area contributed by atoms with Crippen molar-refractivity contribution in [1.82, 2.24) is 9.97 Å². The molecule has 17 heavy (non-hydrogen) atoms. The summed E-state index contributed by atoms with van der Waals surface area (Å²) in [6, 6.07) is 2.27. The molecule has 1 fully saturated rings. The third kappa shape index (κ3) is 3.25. The zero-order chi connectivity index (χ0) is 12.3. The lowest BCUT2D eigenvalue weighted by atomic mass is 10.00. The number of thioether (sulfide) groups is 1. The van der Waals surface area contributed by atoms with Crippen molar-refractivity contribution in [1.29, 1.82) is 0 Å². The van der Waals surface area contributed by atoms with Crippen LogP contribution in [-0.2, 0) is 0 Å². The third-order valence-corrected chi connectivity index (χ3v) is 3.94. The second-order valence-electron chi connectivity index (χ2n) is 4.64. The van der Waals surface area contributed by atoms with Crippen LogP contribution in [0, 0.1) is 5.92 Å². The maximum atomic E-state index is 5.76. The van der Waals surface area contributed by atoms with E-state index in [4.69, 9.17) is 5.73 Å². The average Bonchev–Trinajstić information content (AvgIpc) is 2.81. The Balaban J connectivity index is 2.04. The Bertz CT molecular complexity index is 377. The molecule has 1 aromatic rings. The number of anilines is 2. The molecule has 0 amide bonds. The molecule has 0 saturated heterocycles. The number of hydrogen-bond acceptors (Lipinski definition) is 5. The summed E-state index contributed by atoms with van der Waals surface area (Å²) in [7, 11) is 0. The van der Waals surface area contributed by atoms with Crippen LogP contribution in [0.1, 0.15) is 32.6 Å². The maximum Gasteiger partial charge on any atom is 0.191 e. The van der Waals surface area contributed by atoms with Gasteiger partial charge in [-0.05, 0) is 31.9 Å². The van der Waals surface area contributed by atoms with E-state index in [-0.39, 0.29) is 0 Å². The highest BCUT2D eigenvalue weighted by Crippen LogP contribution is 2.29. The Morgan fingerprint density at radius 2 is 2.12 bits per heavy atom. The van der Waals surface area contributed by atoms with E-state index in [1.54, 1.807) is 0 Å². The fourth-order valence-corrected chi connectivity index (χ4v) is 2.80. The van der Waals surface area contributed by atoms with Crippen LogP contribution in [0.15, 0.2) is 11.2 Å². The minimum atomic E-state index is 0.460. The number of rotatable bonds is 4. The minimum Gasteiger partial charge on any atom is -0.383 e. The van der Waals surface area contributed by atoms with E-state index in [0.29, 0.717) is 11.9 Å². The molecule has 4 nitrogen and oxygen atoms in total. The molecule has 0 aliphatic heterocycles. The van der Waals surface area contributed by atoms with E-state index < -0.39 is 0 Å². The molecule has 0 aromatic carbocycles. The zero-order valence-electron chi connectivity index (χ0n) is 10.4. The van der Waals surface area contributed by atoms with Crippen LogP contribution in [0.4, 0.5) is 11.6 Å². The van der Waals surface area contributed by atoms with Crippen molar-refractivity contribution in [3.63, 3.8) is 0 Å². The third-order valence-electron chi connectivity index (χ3n) is 3.39. The van der Waals surface area contributed by atoms with E-state index in [2.05, 4.69) is 22.2 Å². The Hall–Kier alpha value is -0.970. The summed E-state index contributed by atoms with van der Waals surface area (Å²) >= 11 is 1.51. The summed E-state index contributed by atoms with van der Waals surface area (Å²) in [5, 5.41) is 4.18. The lowest BCUT2D eigenvalue weighted by Crippen LogP contribution is -2.24. The van der Waals surface area contributed by atoms with Gasteiger partial charge in [-0.25, -0.2) is 9.97 Å². The molecule has 1 atom stereocenters. The van der Waals surface area contributed by atoms with Crippen LogP contribution >= 0.6 is 11.8 Å². The van der Waals surface area contributed by atoms with Crippen molar-refractivity contribution in [2.24, 2.45) is 5.92 Å². The van der Waals surface area contributed by atoms with Crippen LogP contribution in [0.5, 0.6) is 0 Å². The first-order valence-corrected chi connectivity index (χ1v) is 7.36. The lowest BCUT2D eigenvalue weighted by molar-refractivity contribution is 0.481. The topological polar surface area (TPSA) is 63.8 Å². The maximum absolute atomic E-state index is 5.76. The van der Waals surface area contributed by atoms with Gasteiger partial charge in [0.25, 0.3) is 0 Å². The molecule has 5 heteroatoms. The van der Waals surface area contributed by atoms with Gasteiger partial charge in [-0.15, -0.1) is 0 Å². The summed E-state index contributed by atoms with van der Waals surface area (Å²) in [4.78, 5) is 8.57. The molecule has 0 radical (unpaired) electrons. The monoisotopic (exact) mass is 252 g/mol. The first-order chi connectivity index (χ1) is 8.19. The van der Waals surface area contributed by atoms with Crippen molar-refractivity contribution in [3.05, 3.63) is 6.07 Å². The molecule has 2 rings (SSSR count). The van der Waals surface area contributed by atoms with Crippen molar-refractivity contribution in [2.45, 2.75) is 43.8 Å². The molecule has 94 valence electrons. The van der Waals surface area contributed by atoms with Gasteiger partial charge in [0.15, 0.2) is 5.16 Å². The van der Waals surface area contributed by atoms with E-state index in [1.807, 2.05) is 12.3 Å². The summed E-state index contributed by atoms with van der Waals surface area (Å²) in [6.45, 7) is 2.23. The zero-order valence-corrected chi connectivity index (χ0v) is 11.3. The predicted octanol–water partition coefficient (Wildman–Crippen LogP) is 2.77. The Morgan fingerprint density at radius 3 is 2.76 bits per heavy atom. The van der Waals surface area contributed by atoms with Gasteiger partial charge in [0, 0.05) is 12.1 Å². The Labute approximate surface area is 107 Å². The van der Waals surface area contributed by atoms with Crippen molar-refractivity contribution >= 4 is 23.4 Å². The predicted molar refractivity (Wildman–Crippen MR) is 73.3 cm³/mol. The number of hydrogen-bond donors (Lipinski definition) is 2. The molecule has 3 N–H and O–H groups in total. The van der Waals surface area contributed by atoms with Crippen molar-refractivity contribution in [3.8, 4) is 0 Å². The fourth-order valence-electron chi connectivity index (χ4n) is 2.42. The highest BCUT2D eigenvalue weighted by molar-refractivity contribution is 7.98. The van der Waals surface area contributed by atoms with Gasteiger partial charge in [0.05, 0.1) is 0 Å². The average molecular weight is 252 g/mol. The van der Waals surface area contributed by atoms with E-state index in [0.717, 1.165) is 16.9 Å². The smallest absolute Gasteiger partial charge is 0.191 e. The molecule has 1 saturated carbocycles. The van der Waals surface area contributed by atoms with Gasteiger partial charge >= 0.3 is 0 Å². The number of nitrogens with zero attached hydrogens (tertiary/aromatic N) is 2. The fraction of sp³-hybridized carbons (Fsp3) is 0.667. The van der Waals surface area contributed by atoms with Crippen LogP contribution < -0.4 is 11.1 Å². The molecular weight excluding hydrogens is 232 g/mol. The second kappa shape index (κ2) is 5.58. The van der Waals surface area contributed by atoms with Crippen LogP contribution in [0.3, 0.4) is 0 Å². The summed E-state index contributed by atoms with van der Waals surface area (Å²) in [5.74, 6) is 2.15. The molecule has 1 aliphatic carbocycles. The quantitative estimate of drug-likeness (QED) is 0.637. The van der Waals surface area contributed by atoms with Crippen LogP contribution in [0.2, 0.25) is 0 Å². The van der Waals surface area contributed by atoms with Gasteiger partial charge in [-0.3, -0.25) is 0 Å². The highest BCUT2D eigenvalue weighted by Gasteiger charge is 2.21. The molecular formula is C12H20N4S. The first kappa shape index (κ1) is 12.5.